The number of ether oxygens (including phenoxy) is 1. The Morgan fingerprint density at radius 2 is 2.08 bits per heavy atom. The number of rotatable bonds is 6. The number of hydrogen-bond acceptors (Lipinski definition) is 3. The number of hydrogen-bond donors (Lipinski definition) is 2. The highest BCUT2D eigenvalue weighted by atomic mass is 32.1. The summed E-state index contributed by atoms with van der Waals surface area (Å²) in [6.07, 6.45) is 1.97. The Hall–Kier alpha value is -2.22. The lowest BCUT2D eigenvalue weighted by atomic mass is 10.1. The van der Waals surface area contributed by atoms with Gasteiger partial charge in [0.2, 0.25) is 0 Å². The predicted molar refractivity (Wildman–Crippen MR) is 98.2 cm³/mol. The van der Waals surface area contributed by atoms with Crippen LogP contribution in [0.2, 0.25) is 0 Å². The van der Waals surface area contributed by atoms with Gasteiger partial charge < -0.3 is 15.4 Å². The first-order valence-electron chi connectivity index (χ1n) is 7.97. The number of aryl methyl sites for hydroxylation is 3. The minimum absolute atomic E-state index is 0.0485. The maximum absolute atomic E-state index is 12.5. The third kappa shape index (κ3) is 5.12. The van der Waals surface area contributed by atoms with E-state index in [-0.39, 0.29) is 11.8 Å². The van der Waals surface area contributed by atoms with E-state index in [1.54, 1.807) is 12.1 Å². The second-order valence-electron chi connectivity index (χ2n) is 5.72. The van der Waals surface area contributed by atoms with Crippen LogP contribution in [0.1, 0.15) is 36.7 Å². The standard InChI is InChI=1S/C17H22F2N4OS/c1-5-23-9-13(12(4)22-23)11(3)20-17(25)21-14-8-10(2)6-7-15(14)24-16(18)19/h6-9,11,16H,5H2,1-4H3,(H2,20,21,25). The van der Waals surface area contributed by atoms with Crippen LogP contribution in [0.5, 0.6) is 5.75 Å². The van der Waals surface area contributed by atoms with Crippen molar-refractivity contribution in [3.8, 4) is 5.75 Å². The van der Waals surface area contributed by atoms with E-state index in [0.29, 0.717) is 10.8 Å². The molecule has 0 saturated heterocycles. The van der Waals surface area contributed by atoms with Crippen molar-refractivity contribution in [2.24, 2.45) is 0 Å². The van der Waals surface area contributed by atoms with Gasteiger partial charge in [-0.05, 0) is 57.6 Å². The molecule has 5 nitrogen and oxygen atoms in total. The Balaban J connectivity index is 2.09. The van der Waals surface area contributed by atoms with Crippen molar-refractivity contribution in [2.75, 3.05) is 5.32 Å². The molecule has 1 aromatic heterocycles. The molecule has 0 bridgehead atoms. The van der Waals surface area contributed by atoms with Crippen molar-refractivity contribution >= 4 is 23.0 Å². The van der Waals surface area contributed by atoms with Gasteiger partial charge in [-0.3, -0.25) is 4.68 Å². The second-order valence-corrected chi connectivity index (χ2v) is 6.13. The molecule has 0 spiro atoms. The van der Waals surface area contributed by atoms with Gasteiger partial charge in [-0.2, -0.15) is 13.9 Å². The second kappa shape index (κ2) is 8.24. The highest BCUT2D eigenvalue weighted by Crippen LogP contribution is 2.27. The molecule has 0 radical (unpaired) electrons. The zero-order valence-corrected chi connectivity index (χ0v) is 15.5. The van der Waals surface area contributed by atoms with E-state index in [4.69, 9.17) is 12.2 Å². The molecule has 2 aromatic rings. The van der Waals surface area contributed by atoms with Crippen molar-refractivity contribution < 1.29 is 13.5 Å². The topological polar surface area (TPSA) is 51.1 Å². The van der Waals surface area contributed by atoms with Crippen LogP contribution in [0, 0.1) is 13.8 Å². The first-order valence-corrected chi connectivity index (χ1v) is 8.38. The number of alkyl halides is 2. The van der Waals surface area contributed by atoms with E-state index in [1.807, 2.05) is 38.6 Å². The Bertz CT molecular complexity index is 748. The van der Waals surface area contributed by atoms with Gasteiger partial charge in [0.25, 0.3) is 0 Å². The summed E-state index contributed by atoms with van der Waals surface area (Å²) < 4.78 is 31.5. The summed E-state index contributed by atoms with van der Waals surface area (Å²) in [6.45, 7) is 5.66. The van der Waals surface area contributed by atoms with Gasteiger partial charge in [-0.15, -0.1) is 0 Å². The molecule has 25 heavy (non-hydrogen) atoms. The van der Waals surface area contributed by atoms with Crippen LogP contribution in [-0.4, -0.2) is 21.5 Å². The molecule has 0 aliphatic heterocycles. The van der Waals surface area contributed by atoms with E-state index in [9.17, 15) is 8.78 Å². The summed E-state index contributed by atoms with van der Waals surface area (Å²) in [5, 5.41) is 10.8. The highest BCUT2D eigenvalue weighted by Gasteiger charge is 2.15. The SMILES string of the molecule is CCn1cc(C(C)NC(=S)Nc2cc(C)ccc2OC(F)F)c(C)n1. The number of nitrogens with one attached hydrogen (secondary N) is 2. The number of halogens is 2. The predicted octanol–water partition coefficient (Wildman–Crippen LogP) is 4.17. The first-order chi connectivity index (χ1) is 11.8. The molecule has 0 fully saturated rings. The molecule has 1 unspecified atom stereocenters. The quantitative estimate of drug-likeness (QED) is 0.750. The summed E-state index contributed by atoms with van der Waals surface area (Å²) in [7, 11) is 0. The number of nitrogens with zero attached hydrogens (tertiary/aromatic N) is 2. The fraction of sp³-hybridized carbons (Fsp3) is 0.412. The normalized spacial score (nSPS) is 12.1. The maximum atomic E-state index is 12.5. The lowest BCUT2D eigenvalue weighted by Gasteiger charge is -2.18. The number of benzene rings is 1. The number of anilines is 1. The third-order valence-corrected chi connectivity index (χ3v) is 3.94. The molecule has 2 N–H and O–H groups in total. The average molecular weight is 368 g/mol. The van der Waals surface area contributed by atoms with Crippen molar-refractivity contribution in [2.45, 2.75) is 46.9 Å². The minimum atomic E-state index is -2.90. The van der Waals surface area contributed by atoms with E-state index >= 15 is 0 Å². The van der Waals surface area contributed by atoms with Crippen LogP contribution in [0.15, 0.2) is 24.4 Å². The average Bonchev–Trinajstić information content (AvgIpc) is 2.90. The zero-order valence-electron chi connectivity index (χ0n) is 14.6. The summed E-state index contributed by atoms with van der Waals surface area (Å²) >= 11 is 5.31. The molecular weight excluding hydrogens is 346 g/mol. The molecule has 0 aliphatic carbocycles. The lowest BCUT2D eigenvalue weighted by Crippen LogP contribution is -2.31. The summed E-state index contributed by atoms with van der Waals surface area (Å²) in [5.74, 6) is 0.0485. The monoisotopic (exact) mass is 368 g/mol. The van der Waals surface area contributed by atoms with E-state index in [0.717, 1.165) is 23.4 Å². The highest BCUT2D eigenvalue weighted by molar-refractivity contribution is 7.80. The molecule has 0 amide bonds. The number of aromatic nitrogens is 2. The molecule has 0 saturated carbocycles. The summed E-state index contributed by atoms with van der Waals surface area (Å²) in [6, 6.07) is 4.82. The molecule has 136 valence electrons. The van der Waals surface area contributed by atoms with Gasteiger partial charge in [0.1, 0.15) is 5.75 Å². The van der Waals surface area contributed by atoms with Crippen molar-refractivity contribution in [1.82, 2.24) is 15.1 Å². The van der Waals surface area contributed by atoms with Crippen LogP contribution in [0.3, 0.4) is 0 Å². The van der Waals surface area contributed by atoms with Gasteiger partial charge in [0.15, 0.2) is 5.11 Å². The summed E-state index contributed by atoms with van der Waals surface area (Å²) in [5.41, 5.74) is 3.24. The fourth-order valence-corrected chi connectivity index (χ4v) is 2.78. The molecule has 1 heterocycles. The van der Waals surface area contributed by atoms with Crippen molar-refractivity contribution in [1.29, 1.82) is 0 Å². The molecule has 1 atom stereocenters. The Labute approximate surface area is 151 Å². The van der Waals surface area contributed by atoms with Crippen molar-refractivity contribution in [3.63, 3.8) is 0 Å². The zero-order chi connectivity index (χ0) is 18.6. The Morgan fingerprint density at radius 3 is 2.68 bits per heavy atom. The third-order valence-electron chi connectivity index (χ3n) is 3.72. The molecule has 8 heteroatoms. The van der Waals surface area contributed by atoms with Crippen LogP contribution >= 0.6 is 12.2 Å². The maximum Gasteiger partial charge on any atom is 0.387 e. The molecule has 1 aromatic carbocycles. The number of thiocarbonyl (C=S) groups is 1. The van der Waals surface area contributed by atoms with E-state index in [2.05, 4.69) is 20.5 Å². The van der Waals surface area contributed by atoms with Crippen LogP contribution < -0.4 is 15.4 Å². The lowest BCUT2D eigenvalue weighted by molar-refractivity contribution is -0.0493. The van der Waals surface area contributed by atoms with E-state index < -0.39 is 6.61 Å². The van der Waals surface area contributed by atoms with E-state index in [1.165, 1.54) is 6.07 Å². The minimum Gasteiger partial charge on any atom is -0.433 e. The van der Waals surface area contributed by atoms with Gasteiger partial charge in [0, 0.05) is 18.3 Å². The smallest absolute Gasteiger partial charge is 0.387 e. The van der Waals surface area contributed by atoms with Gasteiger partial charge in [-0.1, -0.05) is 6.07 Å². The van der Waals surface area contributed by atoms with Gasteiger partial charge in [0.05, 0.1) is 17.4 Å². The van der Waals surface area contributed by atoms with Gasteiger partial charge >= 0.3 is 6.61 Å². The Kier molecular flexibility index (Phi) is 6.30. The van der Waals surface area contributed by atoms with Gasteiger partial charge in [-0.25, -0.2) is 0 Å². The van der Waals surface area contributed by atoms with Crippen molar-refractivity contribution in [3.05, 3.63) is 41.2 Å². The molecule has 0 aliphatic rings. The fourth-order valence-electron chi connectivity index (χ4n) is 2.49. The van der Waals surface area contributed by atoms with Crippen LogP contribution in [0.25, 0.3) is 0 Å². The Morgan fingerprint density at radius 1 is 1.36 bits per heavy atom. The largest absolute Gasteiger partial charge is 0.433 e. The first kappa shape index (κ1) is 19.1. The summed E-state index contributed by atoms with van der Waals surface area (Å²) in [4.78, 5) is 0. The molecular formula is C17H22F2N4OS. The van der Waals surface area contributed by atoms with Crippen LogP contribution in [0.4, 0.5) is 14.5 Å². The molecule has 2 rings (SSSR count). The van der Waals surface area contributed by atoms with Crippen LogP contribution in [-0.2, 0) is 6.54 Å².